The van der Waals surface area contributed by atoms with Crippen LogP contribution in [0.4, 0.5) is 0 Å². The van der Waals surface area contributed by atoms with E-state index in [-0.39, 0.29) is 18.3 Å². The van der Waals surface area contributed by atoms with E-state index in [9.17, 15) is 4.79 Å². The first kappa shape index (κ1) is 18.9. The molecule has 4 rings (SSSR count). The zero-order valence-electron chi connectivity index (χ0n) is 15.0. The third-order valence-electron chi connectivity index (χ3n) is 3.86. The van der Waals surface area contributed by atoms with Gasteiger partial charge in [0, 0.05) is 5.38 Å². The molecular weight excluding hydrogens is 412 g/mol. The van der Waals surface area contributed by atoms with E-state index in [0.29, 0.717) is 0 Å². The predicted molar refractivity (Wildman–Crippen MR) is 114 cm³/mol. The number of esters is 1. The van der Waals surface area contributed by atoms with Crippen LogP contribution in [0.15, 0.2) is 58.3 Å². The van der Waals surface area contributed by atoms with Gasteiger partial charge in [0.25, 0.3) is 0 Å². The summed E-state index contributed by atoms with van der Waals surface area (Å²) in [6.45, 7) is 0.158. The Morgan fingerprint density at radius 2 is 1.93 bits per heavy atom. The van der Waals surface area contributed by atoms with E-state index >= 15 is 0 Å². The Bertz CT molecular complexity index is 1070. The van der Waals surface area contributed by atoms with Gasteiger partial charge >= 0.3 is 5.97 Å². The molecule has 0 amide bonds. The van der Waals surface area contributed by atoms with Crippen LogP contribution >= 0.6 is 34.4 Å². The molecule has 142 valence electrons. The molecule has 0 aliphatic heterocycles. The van der Waals surface area contributed by atoms with Crippen LogP contribution in [0.2, 0.25) is 0 Å². The van der Waals surface area contributed by atoms with Crippen molar-refractivity contribution in [3.8, 4) is 16.3 Å². The minimum absolute atomic E-state index is 0.158. The van der Waals surface area contributed by atoms with Crippen LogP contribution in [-0.2, 0) is 16.1 Å². The molecule has 0 fully saturated rings. The zero-order chi connectivity index (χ0) is 19.3. The highest BCUT2D eigenvalue weighted by Crippen LogP contribution is 2.32. The Morgan fingerprint density at radius 1 is 1.11 bits per heavy atom. The number of para-hydroxylation sites is 2. The summed E-state index contributed by atoms with van der Waals surface area (Å²) in [5.74, 6) is 0.715. The maximum atomic E-state index is 12.1. The Labute approximate surface area is 174 Å². The number of ether oxygens (including phenoxy) is 2. The lowest BCUT2D eigenvalue weighted by molar-refractivity contribution is -0.141. The molecule has 2 heterocycles. The number of hydrogen-bond donors (Lipinski definition) is 0. The fourth-order valence-electron chi connectivity index (χ4n) is 2.55. The van der Waals surface area contributed by atoms with Crippen LogP contribution < -0.4 is 4.74 Å². The summed E-state index contributed by atoms with van der Waals surface area (Å²) in [7, 11) is 1.64. The van der Waals surface area contributed by atoms with Gasteiger partial charge in [-0.2, -0.15) is 0 Å². The summed E-state index contributed by atoms with van der Waals surface area (Å²) in [6.07, 6.45) is 0. The Morgan fingerprint density at radius 3 is 2.79 bits per heavy atom. The largest absolute Gasteiger partial charge is 0.496 e. The van der Waals surface area contributed by atoms with E-state index in [0.717, 1.165) is 36.6 Å². The van der Waals surface area contributed by atoms with Crippen molar-refractivity contribution in [3.63, 3.8) is 0 Å². The number of carbonyl (C=O) groups is 1. The van der Waals surface area contributed by atoms with E-state index < -0.39 is 0 Å². The second kappa shape index (κ2) is 8.72. The monoisotopic (exact) mass is 428 g/mol. The maximum Gasteiger partial charge on any atom is 0.316 e. The molecule has 0 aliphatic carbocycles. The number of thioether (sulfide) groups is 1. The molecule has 0 bridgehead atoms. The molecule has 0 radical (unpaired) electrons. The van der Waals surface area contributed by atoms with E-state index in [1.54, 1.807) is 18.4 Å². The number of carbonyl (C=O) groups excluding carboxylic acids is 1. The summed E-state index contributed by atoms with van der Waals surface area (Å²) in [6, 6.07) is 15.7. The molecule has 0 spiro atoms. The molecule has 2 aromatic carbocycles. The molecule has 0 N–H and O–H groups in total. The van der Waals surface area contributed by atoms with Gasteiger partial charge < -0.3 is 9.47 Å². The van der Waals surface area contributed by atoms with Gasteiger partial charge in [-0.3, -0.25) is 4.79 Å². The lowest BCUT2D eigenvalue weighted by Gasteiger charge is -2.04. The minimum Gasteiger partial charge on any atom is -0.496 e. The summed E-state index contributed by atoms with van der Waals surface area (Å²) >= 11 is 4.48. The topological polar surface area (TPSA) is 61.3 Å². The van der Waals surface area contributed by atoms with Crippen molar-refractivity contribution in [3.05, 3.63) is 59.6 Å². The number of hydrogen-bond acceptors (Lipinski definition) is 8. The van der Waals surface area contributed by atoms with E-state index in [1.807, 2.05) is 53.9 Å². The number of nitrogens with zero attached hydrogens (tertiary/aromatic N) is 2. The Hall–Kier alpha value is -2.42. The highest BCUT2D eigenvalue weighted by molar-refractivity contribution is 8.01. The standard InChI is InChI=1S/C20H16N2O3S3/c1-24-16-8-4-2-6-14(16)19-21-13(11-26-19)10-25-18(23)12-27-20-22-15-7-3-5-9-17(15)28-20/h2-9,11H,10,12H2,1H3. The number of benzene rings is 2. The van der Waals surface area contributed by atoms with Crippen molar-refractivity contribution in [1.29, 1.82) is 0 Å². The van der Waals surface area contributed by atoms with Crippen LogP contribution in [0, 0.1) is 0 Å². The van der Waals surface area contributed by atoms with Crippen LogP contribution in [0.25, 0.3) is 20.8 Å². The smallest absolute Gasteiger partial charge is 0.316 e. The summed E-state index contributed by atoms with van der Waals surface area (Å²) in [5.41, 5.74) is 2.61. The zero-order valence-corrected chi connectivity index (χ0v) is 17.4. The number of rotatable bonds is 7. The maximum absolute atomic E-state index is 12.1. The number of aromatic nitrogens is 2. The fourth-order valence-corrected chi connectivity index (χ4v) is 5.25. The molecule has 0 saturated carbocycles. The second-order valence-electron chi connectivity index (χ2n) is 5.74. The molecule has 4 aromatic rings. The van der Waals surface area contributed by atoms with Crippen molar-refractivity contribution in [2.45, 2.75) is 10.9 Å². The van der Waals surface area contributed by atoms with Crippen molar-refractivity contribution in [2.75, 3.05) is 12.9 Å². The third-order valence-corrected chi connectivity index (χ3v) is 6.94. The number of methoxy groups -OCH3 is 1. The van der Waals surface area contributed by atoms with E-state index in [1.165, 1.54) is 23.1 Å². The lowest BCUT2D eigenvalue weighted by Crippen LogP contribution is -2.07. The van der Waals surface area contributed by atoms with Gasteiger partial charge in [-0.1, -0.05) is 36.0 Å². The van der Waals surface area contributed by atoms with Crippen molar-refractivity contribution < 1.29 is 14.3 Å². The van der Waals surface area contributed by atoms with E-state index in [2.05, 4.69) is 9.97 Å². The molecule has 8 heteroatoms. The summed E-state index contributed by atoms with van der Waals surface area (Å²) < 4.78 is 12.7. The first-order valence-corrected chi connectivity index (χ1v) is 11.1. The van der Waals surface area contributed by atoms with Gasteiger partial charge in [0.1, 0.15) is 17.4 Å². The molecule has 5 nitrogen and oxygen atoms in total. The Balaban J connectivity index is 1.32. The molecule has 0 atom stereocenters. The minimum atomic E-state index is -0.281. The third kappa shape index (κ3) is 4.35. The predicted octanol–water partition coefficient (Wildman–Crippen LogP) is 5.26. The van der Waals surface area contributed by atoms with Gasteiger partial charge in [0.2, 0.25) is 0 Å². The SMILES string of the molecule is COc1ccccc1-c1nc(COC(=O)CSc2nc3ccccc3s2)cs1. The molecule has 28 heavy (non-hydrogen) atoms. The first-order valence-electron chi connectivity index (χ1n) is 8.45. The summed E-state index contributed by atoms with van der Waals surface area (Å²) in [5, 5.41) is 2.74. The van der Waals surface area contributed by atoms with Crippen LogP contribution in [0.1, 0.15) is 5.69 Å². The van der Waals surface area contributed by atoms with Crippen LogP contribution in [-0.4, -0.2) is 28.8 Å². The quantitative estimate of drug-likeness (QED) is 0.295. The van der Waals surface area contributed by atoms with Crippen molar-refractivity contribution in [2.24, 2.45) is 0 Å². The van der Waals surface area contributed by atoms with Gasteiger partial charge in [0.15, 0.2) is 4.34 Å². The molecular formula is C20H16N2O3S3. The molecule has 0 aliphatic rings. The van der Waals surface area contributed by atoms with Gasteiger partial charge in [0.05, 0.1) is 34.3 Å². The summed E-state index contributed by atoms with van der Waals surface area (Å²) in [4.78, 5) is 21.1. The average Bonchev–Trinajstić information content (AvgIpc) is 3.37. The lowest BCUT2D eigenvalue weighted by atomic mass is 10.2. The van der Waals surface area contributed by atoms with Gasteiger partial charge in [-0.05, 0) is 24.3 Å². The van der Waals surface area contributed by atoms with Crippen molar-refractivity contribution in [1.82, 2.24) is 9.97 Å². The van der Waals surface area contributed by atoms with E-state index in [4.69, 9.17) is 9.47 Å². The highest BCUT2D eigenvalue weighted by atomic mass is 32.2. The van der Waals surface area contributed by atoms with Gasteiger partial charge in [-0.15, -0.1) is 22.7 Å². The number of thiazole rings is 2. The fraction of sp³-hybridized carbons (Fsp3) is 0.150. The Kier molecular flexibility index (Phi) is 5.90. The molecule has 2 aromatic heterocycles. The highest BCUT2D eigenvalue weighted by Gasteiger charge is 2.12. The van der Waals surface area contributed by atoms with Gasteiger partial charge in [-0.25, -0.2) is 9.97 Å². The number of fused-ring (bicyclic) bond motifs is 1. The van der Waals surface area contributed by atoms with Crippen molar-refractivity contribution >= 4 is 50.6 Å². The normalized spacial score (nSPS) is 10.9. The average molecular weight is 429 g/mol. The molecule has 0 saturated heterocycles. The van der Waals surface area contributed by atoms with Crippen LogP contribution in [0.3, 0.4) is 0 Å². The van der Waals surface area contributed by atoms with Crippen LogP contribution in [0.5, 0.6) is 5.75 Å². The first-order chi connectivity index (χ1) is 13.7. The second-order valence-corrected chi connectivity index (χ2v) is 8.85. The molecule has 0 unspecified atom stereocenters.